The Hall–Kier alpha value is -1.23. The van der Waals surface area contributed by atoms with Crippen LogP contribution in [0.2, 0.25) is 0 Å². The van der Waals surface area contributed by atoms with Crippen molar-refractivity contribution in [2.75, 3.05) is 44.1 Å². The lowest BCUT2D eigenvalue weighted by Gasteiger charge is -2.14. The number of nitrogens with zero attached hydrogens (tertiary/aromatic N) is 1. The third kappa shape index (κ3) is 7.56. The molecule has 7 nitrogen and oxygen atoms in total. The molecule has 1 aromatic rings. The van der Waals surface area contributed by atoms with Crippen LogP contribution >= 0.6 is 24.0 Å². The molecule has 0 amide bonds. The molecule has 0 aliphatic carbocycles. The first-order chi connectivity index (χ1) is 11.0. The third-order valence-electron chi connectivity index (χ3n) is 3.10. The highest BCUT2D eigenvalue weighted by atomic mass is 127. The Bertz CT molecular complexity index is 636. The molecule has 24 heavy (non-hydrogen) atoms. The van der Waals surface area contributed by atoms with E-state index in [1.54, 1.807) is 33.2 Å². The molecule has 9 heteroatoms. The average Bonchev–Trinajstić information content (AvgIpc) is 2.54. The van der Waals surface area contributed by atoms with E-state index in [2.05, 4.69) is 15.6 Å². The van der Waals surface area contributed by atoms with E-state index >= 15 is 0 Å². The van der Waals surface area contributed by atoms with Gasteiger partial charge in [-0.1, -0.05) is 6.92 Å². The molecule has 0 saturated heterocycles. The molecule has 0 aliphatic rings. The zero-order valence-corrected chi connectivity index (χ0v) is 17.6. The van der Waals surface area contributed by atoms with E-state index < -0.39 is 9.84 Å². The van der Waals surface area contributed by atoms with Crippen LogP contribution in [0.15, 0.2) is 23.2 Å². The zero-order chi connectivity index (χ0) is 17.3. The fourth-order valence-electron chi connectivity index (χ4n) is 1.81. The first kappa shape index (κ1) is 22.8. The predicted molar refractivity (Wildman–Crippen MR) is 109 cm³/mol. The van der Waals surface area contributed by atoms with Gasteiger partial charge in [0.15, 0.2) is 27.3 Å². The Morgan fingerprint density at radius 3 is 2.50 bits per heavy atom. The Labute approximate surface area is 161 Å². The zero-order valence-electron chi connectivity index (χ0n) is 14.5. The first-order valence-electron chi connectivity index (χ1n) is 7.44. The van der Waals surface area contributed by atoms with Gasteiger partial charge in [0.05, 0.1) is 19.5 Å². The van der Waals surface area contributed by atoms with Crippen molar-refractivity contribution in [3.8, 4) is 11.5 Å². The van der Waals surface area contributed by atoms with Crippen LogP contribution in [0.3, 0.4) is 0 Å². The number of nitrogens with one attached hydrogen (secondary N) is 2. The van der Waals surface area contributed by atoms with Gasteiger partial charge in [0.1, 0.15) is 0 Å². The van der Waals surface area contributed by atoms with Crippen LogP contribution in [0.5, 0.6) is 11.5 Å². The first-order valence-corrected chi connectivity index (χ1v) is 9.26. The highest BCUT2D eigenvalue weighted by molar-refractivity contribution is 14.0. The maximum absolute atomic E-state index is 11.5. The fraction of sp³-hybridized carbons (Fsp3) is 0.533. The number of sulfone groups is 1. The van der Waals surface area contributed by atoms with Gasteiger partial charge in [-0.25, -0.2) is 8.42 Å². The molecule has 2 N–H and O–H groups in total. The number of aliphatic imine (C=N–C) groups is 1. The summed E-state index contributed by atoms with van der Waals surface area (Å²) >= 11 is 0. The maximum atomic E-state index is 11.5. The number of guanidine groups is 1. The van der Waals surface area contributed by atoms with E-state index in [1.807, 2.05) is 13.0 Å². The quantitative estimate of drug-likeness (QED) is 0.343. The molecule has 0 heterocycles. The van der Waals surface area contributed by atoms with E-state index in [1.165, 1.54) is 0 Å². The standard InChI is InChI=1S/C15H25N3O4S.HI/c1-5-22-14-11-12(7-8-13(14)21-4)18-15(16-3)17-9-10-23(19,20)6-2;/h7-8,11H,5-6,9-10H2,1-4H3,(H2,16,17,18);1H. The van der Waals surface area contributed by atoms with Crippen LogP contribution in [0.1, 0.15) is 13.8 Å². The molecule has 0 spiro atoms. The Morgan fingerprint density at radius 2 is 1.96 bits per heavy atom. The molecule has 0 saturated carbocycles. The van der Waals surface area contributed by atoms with Crippen molar-refractivity contribution in [2.24, 2.45) is 4.99 Å². The molecule has 0 aromatic heterocycles. The summed E-state index contributed by atoms with van der Waals surface area (Å²) in [6.07, 6.45) is 0. The second-order valence-electron chi connectivity index (χ2n) is 4.66. The summed E-state index contributed by atoms with van der Waals surface area (Å²) < 4.78 is 33.7. The molecule has 0 fully saturated rings. The lowest BCUT2D eigenvalue weighted by Crippen LogP contribution is -2.34. The van der Waals surface area contributed by atoms with Crippen molar-refractivity contribution < 1.29 is 17.9 Å². The number of halogens is 1. The number of hydrogen-bond acceptors (Lipinski definition) is 5. The van der Waals surface area contributed by atoms with Crippen molar-refractivity contribution in [3.63, 3.8) is 0 Å². The summed E-state index contributed by atoms with van der Waals surface area (Å²) in [6.45, 7) is 4.36. The predicted octanol–water partition coefficient (Wildman–Crippen LogP) is 2.13. The molecule has 1 aromatic carbocycles. The number of methoxy groups -OCH3 is 1. The Balaban J connectivity index is 0.00000529. The minimum Gasteiger partial charge on any atom is -0.493 e. The summed E-state index contributed by atoms with van der Waals surface area (Å²) in [7, 11) is 0.203. The van der Waals surface area contributed by atoms with E-state index in [9.17, 15) is 8.42 Å². The second kappa shape index (κ2) is 11.3. The van der Waals surface area contributed by atoms with Crippen LogP contribution in [0.25, 0.3) is 0 Å². The summed E-state index contributed by atoms with van der Waals surface area (Å²) in [6, 6.07) is 5.43. The van der Waals surface area contributed by atoms with Gasteiger partial charge in [0.25, 0.3) is 0 Å². The van der Waals surface area contributed by atoms with Crippen LogP contribution in [0, 0.1) is 0 Å². The molecule has 1 rings (SSSR count). The van der Waals surface area contributed by atoms with Gasteiger partial charge in [-0.2, -0.15) is 0 Å². The lowest BCUT2D eigenvalue weighted by atomic mass is 10.2. The minimum atomic E-state index is -3.00. The molecule has 0 bridgehead atoms. The SMILES string of the molecule is CCOc1cc(NC(=NC)NCCS(=O)(=O)CC)ccc1OC.I. The number of benzene rings is 1. The summed E-state index contributed by atoms with van der Waals surface area (Å²) in [5, 5.41) is 6.07. The summed E-state index contributed by atoms with van der Waals surface area (Å²) in [4.78, 5) is 4.07. The molecule has 0 aliphatic heterocycles. The van der Waals surface area contributed by atoms with Gasteiger partial charge < -0.3 is 20.1 Å². The third-order valence-corrected chi connectivity index (χ3v) is 4.80. The fourth-order valence-corrected chi connectivity index (χ4v) is 2.51. The number of hydrogen-bond donors (Lipinski definition) is 2. The van der Waals surface area contributed by atoms with Crippen molar-refractivity contribution >= 4 is 45.5 Å². The van der Waals surface area contributed by atoms with Crippen molar-refractivity contribution in [3.05, 3.63) is 18.2 Å². The number of ether oxygens (including phenoxy) is 2. The monoisotopic (exact) mass is 471 g/mol. The lowest BCUT2D eigenvalue weighted by molar-refractivity contribution is 0.311. The normalized spacial score (nSPS) is 11.4. The average molecular weight is 471 g/mol. The van der Waals surface area contributed by atoms with E-state index in [0.717, 1.165) is 5.69 Å². The number of rotatable bonds is 8. The molecule has 138 valence electrons. The second-order valence-corrected chi connectivity index (χ2v) is 7.13. The molecule has 0 unspecified atom stereocenters. The topological polar surface area (TPSA) is 89.0 Å². The van der Waals surface area contributed by atoms with Crippen molar-refractivity contribution in [2.45, 2.75) is 13.8 Å². The van der Waals surface area contributed by atoms with Gasteiger partial charge in [0, 0.05) is 31.1 Å². The van der Waals surface area contributed by atoms with Gasteiger partial charge >= 0.3 is 0 Å². The molecule has 0 radical (unpaired) electrons. The summed E-state index contributed by atoms with van der Waals surface area (Å²) in [5.74, 6) is 1.97. The molecule has 0 atom stereocenters. The molecular formula is C15H26IN3O4S. The van der Waals surface area contributed by atoms with Gasteiger partial charge in [-0.05, 0) is 19.1 Å². The van der Waals surface area contributed by atoms with Gasteiger partial charge in [0.2, 0.25) is 0 Å². The van der Waals surface area contributed by atoms with E-state index in [0.29, 0.717) is 30.6 Å². The van der Waals surface area contributed by atoms with Crippen molar-refractivity contribution in [1.82, 2.24) is 5.32 Å². The molecular weight excluding hydrogens is 445 g/mol. The smallest absolute Gasteiger partial charge is 0.195 e. The highest BCUT2D eigenvalue weighted by Gasteiger charge is 2.09. The van der Waals surface area contributed by atoms with E-state index in [4.69, 9.17) is 9.47 Å². The summed E-state index contributed by atoms with van der Waals surface area (Å²) in [5.41, 5.74) is 0.765. The Morgan fingerprint density at radius 1 is 1.25 bits per heavy atom. The highest BCUT2D eigenvalue weighted by Crippen LogP contribution is 2.30. The largest absolute Gasteiger partial charge is 0.493 e. The van der Waals surface area contributed by atoms with Crippen LogP contribution in [-0.4, -0.2) is 53.2 Å². The van der Waals surface area contributed by atoms with Gasteiger partial charge in [-0.3, -0.25) is 4.99 Å². The minimum absolute atomic E-state index is 0. The van der Waals surface area contributed by atoms with Crippen LogP contribution < -0.4 is 20.1 Å². The number of anilines is 1. The van der Waals surface area contributed by atoms with Crippen LogP contribution in [-0.2, 0) is 9.84 Å². The van der Waals surface area contributed by atoms with Crippen molar-refractivity contribution in [1.29, 1.82) is 0 Å². The van der Waals surface area contributed by atoms with Gasteiger partial charge in [-0.15, -0.1) is 24.0 Å². The van der Waals surface area contributed by atoms with Crippen LogP contribution in [0.4, 0.5) is 5.69 Å². The Kier molecular flexibility index (Phi) is 10.8. The van der Waals surface area contributed by atoms with E-state index in [-0.39, 0.29) is 35.5 Å². The maximum Gasteiger partial charge on any atom is 0.195 e.